The molecule has 1 saturated heterocycles. The van der Waals surface area contributed by atoms with E-state index in [1.54, 1.807) is 7.05 Å². The number of aromatic nitrogens is 1. The summed E-state index contributed by atoms with van der Waals surface area (Å²) in [6.07, 6.45) is 5.77. The topological polar surface area (TPSA) is 52.6 Å². The molecule has 0 bridgehead atoms. The number of guanidine groups is 1. The summed E-state index contributed by atoms with van der Waals surface area (Å²) in [7, 11) is 1.80. The van der Waals surface area contributed by atoms with Gasteiger partial charge < -0.3 is 15.5 Å². The number of aliphatic imine (C=N–C) groups is 1. The molecule has 0 spiro atoms. The van der Waals surface area contributed by atoms with Gasteiger partial charge in [-0.05, 0) is 55.0 Å². The molecule has 27 heavy (non-hydrogen) atoms. The molecule has 5 nitrogen and oxygen atoms in total. The number of hydrogen-bond donors (Lipinski definition) is 2. The summed E-state index contributed by atoms with van der Waals surface area (Å²) in [6, 6.07) is 12.7. The van der Waals surface area contributed by atoms with E-state index in [1.165, 1.54) is 36.0 Å². The fraction of sp³-hybridized carbons (Fsp3) is 0.429. The summed E-state index contributed by atoms with van der Waals surface area (Å²) in [5, 5.41) is 6.79. The average Bonchev–Trinajstić information content (AvgIpc) is 2.70. The Morgan fingerprint density at radius 2 is 1.81 bits per heavy atom. The molecule has 1 aromatic carbocycles. The Balaban J connectivity index is 0.00000261. The third kappa shape index (κ3) is 6.37. The first-order valence-electron chi connectivity index (χ1n) is 9.45. The molecule has 2 N–H and O–H groups in total. The second-order valence-corrected chi connectivity index (χ2v) is 6.78. The van der Waals surface area contributed by atoms with E-state index in [-0.39, 0.29) is 24.0 Å². The van der Waals surface area contributed by atoms with Crippen molar-refractivity contribution in [1.29, 1.82) is 0 Å². The van der Waals surface area contributed by atoms with Gasteiger partial charge in [0.15, 0.2) is 5.96 Å². The third-order valence-electron chi connectivity index (χ3n) is 4.88. The molecule has 146 valence electrons. The molecule has 0 aliphatic carbocycles. The summed E-state index contributed by atoms with van der Waals surface area (Å²) in [5.74, 6) is 1.90. The molecule has 1 aromatic heterocycles. The van der Waals surface area contributed by atoms with Gasteiger partial charge in [-0.15, -0.1) is 24.0 Å². The van der Waals surface area contributed by atoms with Crippen LogP contribution in [0.5, 0.6) is 0 Å². The van der Waals surface area contributed by atoms with Gasteiger partial charge in [-0.2, -0.15) is 0 Å². The first-order valence-corrected chi connectivity index (χ1v) is 9.45. The number of rotatable bonds is 5. The van der Waals surface area contributed by atoms with Crippen LogP contribution < -0.4 is 15.5 Å². The highest BCUT2D eigenvalue weighted by Gasteiger charge is 2.12. The molecule has 2 heterocycles. The smallest absolute Gasteiger partial charge is 0.191 e. The molecule has 0 saturated carbocycles. The lowest BCUT2D eigenvalue weighted by Gasteiger charge is -2.28. The van der Waals surface area contributed by atoms with Crippen LogP contribution in [-0.4, -0.2) is 31.1 Å². The molecule has 0 amide bonds. The van der Waals surface area contributed by atoms with Gasteiger partial charge in [0.1, 0.15) is 5.82 Å². The lowest BCUT2D eigenvalue weighted by Crippen LogP contribution is -2.36. The van der Waals surface area contributed by atoms with Crippen LogP contribution in [0.2, 0.25) is 0 Å². The van der Waals surface area contributed by atoms with Crippen molar-refractivity contribution in [2.75, 3.05) is 25.0 Å². The molecule has 1 aliphatic rings. The number of pyridine rings is 1. The summed E-state index contributed by atoms with van der Waals surface area (Å²) >= 11 is 0. The van der Waals surface area contributed by atoms with Crippen molar-refractivity contribution in [2.24, 2.45) is 4.99 Å². The zero-order chi connectivity index (χ0) is 18.2. The fourth-order valence-electron chi connectivity index (χ4n) is 3.26. The summed E-state index contributed by atoms with van der Waals surface area (Å²) < 4.78 is 0. The van der Waals surface area contributed by atoms with E-state index in [2.05, 4.69) is 68.8 Å². The number of aryl methyl sites for hydroxylation is 1. The molecule has 0 unspecified atom stereocenters. The Labute approximate surface area is 179 Å². The van der Waals surface area contributed by atoms with E-state index < -0.39 is 0 Å². The number of hydrogen-bond acceptors (Lipinski definition) is 3. The van der Waals surface area contributed by atoms with Crippen LogP contribution in [0, 0.1) is 6.92 Å². The van der Waals surface area contributed by atoms with E-state index in [9.17, 15) is 0 Å². The minimum atomic E-state index is 0. The predicted molar refractivity (Wildman–Crippen MR) is 124 cm³/mol. The molecular formula is C21H30IN5. The highest BCUT2D eigenvalue weighted by molar-refractivity contribution is 14.0. The van der Waals surface area contributed by atoms with Gasteiger partial charge >= 0.3 is 0 Å². The van der Waals surface area contributed by atoms with E-state index in [4.69, 9.17) is 0 Å². The maximum absolute atomic E-state index is 4.55. The van der Waals surface area contributed by atoms with Gasteiger partial charge in [-0.25, -0.2) is 4.98 Å². The Morgan fingerprint density at radius 1 is 1.07 bits per heavy atom. The minimum Gasteiger partial charge on any atom is -0.357 e. The number of halogens is 1. The first kappa shape index (κ1) is 21.5. The van der Waals surface area contributed by atoms with Gasteiger partial charge in [0, 0.05) is 39.4 Å². The molecule has 2 aromatic rings. The second-order valence-electron chi connectivity index (χ2n) is 6.78. The number of benzene rings is 1. The maximum atomic E-state index is 4.55. The summed E-state index contributed by atoms with van der Waals surface area (Å²) in [6.45, 7) is 5.86. The second kappa shape index (κ2) is 11.1. The molecular weight excluding hydrogens is 449 g/mol. The molecule has 1 fully saturated rings. The average molecular weight is 479 g/mol. The van der Waals surface area contributed by atoms with Gasteiger partial charge in [0.25, 0.3) is 0 Å². The van der Waals surface area contributed by atoms with Crippen molar-refractivity contribution in [2.45, 2.75) is 39.3 Å². The van der Waals surface area contributed by atoms with Crippen molar-refractivity contribution in [3.63, 3.8) is 0 Å². The van der Waals surface area contributed by atoms with E-state index >= 15 is 0 Å². The minimum absolute atomic E-state index is 0. The van der Waals surface area contributed by atoms with Crippen LogP contribution >= 0.6 is 24.0 Å². The Bertz CT molecular complexity index is 741. The number of nitrogens with zero attached hydrogens (tertiary/aromatic N) is 3. The molecule has 6 heteroatoms. The van der Waals surface area contributed by atoms with Gasteiger partial charge in [-0.3, -0.25) is 4.99 Å². The zero-order valence-corrected chi connectivity index (χ0v) is 18.6. The highest BCUT2D eigenvalue weighted by atomic mass is 127. The van der Waals surface area contributed by atoms with Crippen molar-refractivity contribution < 1.29 is 0 Å². The van der Waals surface area contributed by atoms with Gasteiger partial charge in [-0.1, -0.05) is 24.3 Å². The van der Waals surface area contributed by atoms with Crippen molar-refractivity contribution in [1.82, 2.24) is 15.6 Å². The Morgan fingerprint density at radius 3 is 2.56 bits per heavy atom. The third-order valence-corrected chi connectivity index (χ3v) is 4.88. The Hall–Kier alpha value is -1.83. The number of anilines is 1. The van der Waals surface area contributed by atoms with E-state index in [0.29, 0.717) is 0 Å². The van der Waals surface area contributed by atoms with Crippen LogP contribution in [-0.2, 0) is 13.1 Å². The lowest BCUT2D eigenvalue weighted by atomic mass is 10.1. The van der Waals surface area contributed by atoms with Crippen LogP contribution in [0.4, 0.5) is 5.82 Å². The van der Waals surface area contributed by atoms with Crippen molar-refractivity contribution in [3.05, 3.63) is 59.3 Å². The summed E-state index contributed by atoms with van der Waals surface area (Å²) in [5.41, 5.74) is 3.79. The quantitative estimate of drug-likeness (QED) is 0.389. The van der Waals surface area contributed by atoms with Crippen LogP contribution in [0.1, 0.15) is 36.0 Å². The summed E-state index contributed by atoms with van der Waals surface area (Å²) in [4.78, 5) is 11.3. The van der Waals surface area contributed by atoms with Crippen LogP contribution in [0.25, 0.3) is 0 Å². The van der Waals surface area contributed by atoms with Crippen LogP contribution in [0.3, 0.4) is 0 Å². The Kier molecular flexibility index (Phi) is 8.84. The molecule has 0 atom stereocenters. The van der Waals surface area contributed by atoms with Crippen LogP contribution in [0.15, 0.2) is 47.6 Å². The lowest BCUT2D eigenvalue weighted by molar-refractivity contribution is 0.573. The fourth-order valence-corrected chi connectivity index (χ4v) is 3.26. The molecule has 1 aliphatic heterocycles. The molecule has 0 radical (unpaired) electrons. The van der Waals surface area contributed by atoms with E-state index in [1.807, 2.05) is 6.20 Å². The highest BCUT2D eigenvalue weighted by Crippen LogP contribution is 2.18. The normalized spacial score (nSPS) is 14.4. The first-order chi connectivity index (χ1) is 12.8. The van der Waals surface area contributed by atoms with Gasteiger partial charge in [0.05, 0.1) is 0 Å². The number of piperidine rings is 1. The van der Waals surface area contributed by atoms with Crippen molar-refractivity contribution in [3.8, 4) is 0 Å². The van der Waals surface area contributed by atoms with Gasteiger partial charge in [0.2, 0.25) is 0 Å². The van der Waals surface area contributed by atoms with Crippen molar-refractivity contribution >= 4 is 35.8 Å². The largest absolute Gasteiger partial charge is 0.357 e. The maximum Gasteiger partial charge on any atom is 0.191 e. The predicted octanol–water partition coefficient (Wildman–Crippen LogP) is 3.86. The SMILES string of the molecule is CN=C(NCc1ccnc(N2CCCCC2)c1)NCc1ccccc1C.I. The number of nitrogens with one attached hydrogen (secondary N) is 2. The monoisotopic (exact) mass is 479 g/mol. The standard InChI is InChI=1S/C21H29N5.HI/c1-17-8-4-5-9-19(17)16-25-21(22-2)24-15-18-10-11-23-20(14-18)26-12-6-3-7-13-26;/h4-5,8-11,14H,3,6-7,12-13,15-16H2,1-2H3,(H2,22,24,25);1H. The molecule has 3 rings (SSSR count). The zero-order valence-electron chi connectivity index (χ0n) is 16.2. The van der Waals surface area contributed by atoms with E-state index in [0.717, 1.165) is 38.0 Å².